The van der Waals surface area contributed by atoms with Crippen LogP contribution in [0, 0.1) is 6.92 Å². The highest BCUT2D eigenvalue weighted by Gasteiger charge is 2.10. The third kappa shape index (κ3) is 7.52. The molecule has 0 unspecified atom stereocenters. The van der Waals surface area contributed by atoms with Crippen molar-refractivity contribution in [1.29, 1.82) is 0 Å². The summed E-state index contributed by atoms with van der Waals surface area (Å²) in [5.74, 6) is -0.0921. The van der Waals surface area contributed by atoms with Crippen molar-refractivity contribution >= 4 is 22.4 Å². The zero-order valence-electron chi connectivity index (χ0n) is 16.7. The number of aryl methyl sites for hydroxylation is 3. The number of aromatic nitrogens is 4. The van der Waals surface area contributed by atoms with Crippen molar-refractivity contribution in [3.05, 3.63) is 64.5 Å². The topological polar surface area (TPSA) is 80.7 Å². The summed E-state index contributed by atoms with van der Waals surface area (Å²) in [7, 11) is 0. The number of carbonyl (C=O) groups excluding carboxylic acids is 1. The van der Waals surface area contributed by atoms with Crippen molar-refractivity contribution < 1.29 is 4.79 Å². The van der Waals surface area contributed by atoms with Crippen LogP contribution in [0.2, 0.25) is 0 Å². The van der Waals surface area contributed by atoms with Crippen molar-refractivity contribution in [3.63, 3.8) is 0 Å². The highest BCUT2D eigenvalue weighted by atomic mass is 32.1. The van der Waals surface area contributed by atoms with Gasteiger partial charge in [-0.15, -0.1) is 10.2 Å². The van der Waals surface area contributed by atoms with Gasteiger partial charge in [0.25, 0.3) is 0 Å². The predicted octanol–water partition coefficient (Wildman–Crippen LogP) is 4.61. The van der Waals surface area contributed by atoms with E-state index >= 15 is 0 Å². The van der Waals surface area contributed by atoms with E-state index in [9.17, 15) is 4.79 Å². The second-order valence-corrected chi connectivity index (χ2v) is 7.78. The van der Waals surface area contributed by atoms with Crippen LogP contribution >= 0.6 is 11.3 Å². The van der Waals surface area contributed by atoms with Gasteiger partial charge in [0, 0.05) is 6.42 Å². The molecule has 6 nitrogen and oxygen atoms in total. The molecule has 1 N–H and O–H groups in total. The first-order chi connectivity index (χ1) is 13.5. The maximum atomic E-state index is 12.3. The Kier molecular flexibility index (Phi) is 8.68. The summed E-state index contributed by atoms with van der Waals surface area (Å²) in [6, 6.07) is 4.00. The summed E-state index contributed by atoms with van der Waals surface area (Å²) in [6.07, 6.45) is 9.49. The molecular formula is C21H27N5OS. The molecule has 2 heterocycles. The summed E-state index contributed by atoms with van der Waals surface area (Å²) in [5.41, 5.74) is 4.02. The highest BCUT2D eigenvalue weighted by Crippen LogP contribution is 2.19. The Morgan fingerprint density at radius 2 is 1.93 bits per heavy atom. The molecule has 2 aromatic rings. The van der Waals surface area contributed by atoms with Gasteiger partial charge in [0.15, 0.2) is 0 Å². The molecule has 0 atom stereocenters. The molecule has 0 saturated carbocycles. The number of amides is 1. The Morgan fingerprint density at radius 1 is 1.14 bits per heavy atom. The molecule has 0 aliphatic rings. The third-order valence-electron chi connectivity index (χ3n) is 4.07. The van der Waals surface area contributed by atoms with E-state index in [1.807, 2.05) is 45.1 Å². The number of hydrogen-bond donors (Lipinski definition) is 1. The molecule has 2 rings (SSSR count). The Hall–Kier alpha value is -2.67. The molecular weight excluding hydrogens is 370 g/mol. The average molecular weight is 398 g/mol. The first-order valence-corrected chi connectivity index (χ1v) is 10.2. The lowest BCUT2D eigenvalue weighted by molar-refractivity contribution is -0.115. The van der Waals surface area contributed by atoms with E-state index in [1.165, 1.54) is 11.3 Å². The lowest BCUT2D eigenvalue weighted by Crippen LogP contribution is -2.12. The number of anilines is 1. The van der Waals surface area contributed by atoms with E-state index < -0.39 is 0 Å². The van der Waals surface area contributed by atoms with Gasteiger partial charge in [0.2, 0.25) is 11.0 Å². The van der Waals surface area contributed by atoms with E-state index in [1.54, 1.807) is 6.08 Å². The lowest BCUT2D eigenvalue weighted by Gasteiger charge is -2.04. The molecule has 0 saturated heterocycles. The molecule has 2 aromatic heterocycles. The Morgan fingerprint density at radius 3 is 2.61 bits per heavy atom. The monoisotopic (exact) mass is 397 g/mol. The number of carbonyl (C=O) groups is 1. The summed E-state index contributed by atoms with van der Waals surface area (Å²) in [6.45, 7) is 9.57. The van der Waals surface area contributed by atoms with Crippen LogP contribution in [0.15, 0.2) is 48.1 Å². The number of nitrogens with zero attached hydrogens (tertiary/aromatic N) is 4. The van der Waals surface area contributed by atoms with Crippen molar-refractivity contribution in [1.82, 2.24) is 20.4 Å². The van der Waals surface area contributed by atoms with E-state index in [0.717, 1.165) is 53.2 Å². The normalized spacial score (nSPS) is 10.8. The van der Waals surface area contributed by atoms with Gasteiger partial charge >= 0.3 is 0 Å². The molecule has 0 radical (unpaired) electrons. The standard InChI is InChI=1S/C21H27N5OS/c1-5-6-9-17(15(2)3)14-19(27)22-21-26-25-20(28-21)11-8-7-10-18-13-12-16(4)23-24-18/h5-6,9,12-13H,1,7-8,10-11,14H2,2-4H3,(H,22,26,27)/b9-6-. The number of allylic oxidation sites excluding steroid dienone is 4. The smallest absolute Gasteiger partial charge is 0.230 e. The summed E-state index contributed by atoms with van der Waals surface area (Å²) in [5, 5.41) is 20.8. The maximum absolute atomic E-state index is 12.3. The zero-order chi connectivity index (χ0) is 20.4. The lowest BCUT2D eigenvalue weighted by atomic mass is 10.1. The van der Waals surface area contributed by atoms with E-state index in [-0.39, 0.29) is 5.91 Å². The number of hydrogen-bond acceptors (Lipinski definition) is 6. The first-order valence-electron chi connectivity index (χ1n) is 9.35. The zero-order valence-corrected chi connectivity index (χ0v) is 17.6. The second kappa shape index (κ2) is 11.2. The molecule has 0 bridgehead atoms. The minimum absolute atomic E-state index is 0.0921. The maximum Gasteiger partial charge on any atom is 0.230 e. The van der Waals surface area contributed by atoms with Gasteiger partial charge in [-0.3, -0.25) is 4.79 Å². The molecule has 1 amide bonds. The van der Waals surface area contributed by atoms with Gasteiger partial charge in [-0.05, 0) is 57.7 Å². The van der Waals surface area contributed by atoms with Crippen LogP contribution in [0.5, 0.6) is 0 Å². The predicted molar refractivity (Wildman–Crippen MR) is 114 cm³/mol. The van der Waals surface area contributed by atoms with Gasteiger partial charge in [0.1, 0.15) is 5.01 Å². The fraction of sp³-hybridized carbons (Fsp3) is 0.381. The summed E-state index contributed by atoms with van der Waals surface area (Å²) in [4.78, 5) is 12.3. The van der Waals surface area contributed by atoms with E-state index in [4.69, 9.17) is 0 Å². The average Bonchev–Trinajstić information content (AvgIpc) is 3.10. The fourth-order valence-corrected chi connectivity index (χ4v) is 3.27. The minimum atomic E-state index is -0.0921. The van der Waals surface area contributed by atoms with Crippen LogP contribution in [0.25, 0.3) is 0 Å². The highest BCUT2D eigenvalue weighted by molar-refractivity contribution is 7.15. The van der Waals surface area contributed by atoms with E-state index in [2.05, 4.69) is 32.3 Å². The second-order valence-electron chi connectivity index (χ2n) is 6.72. The molecule has 0 spiro atoms. The molecule has 28 heavy (non-hydrogen) atoms. The van der Waals surface area contributed by atoms with Gasteiger partial charge in [-0.1, -0.05) is 41.7 Å². The summed E-state index contributed by atoms with van der Waals surface area (Å²) >= 11 is 1.43. The fourth-order valence-electron chi connectivity index (χ4n) is 2.47. The molecule has 0 aromatic carbocycles. The first kappa shape index (κ1) is 21.6. The van der Waals surface area contributed by atoms with Crippen LogP contribution in [0.1, 0.15) is 49.5 Å². The number of nitrogens with one attached hydrogen (secondary N) is 1. The van der Waals surface area contributed by atoms with Crippen LogP contribution in [0.3, 0.4) is 0 Å². The Bertz CT molecular complexity index is 848. The summed E-state index contributed by atoms with van der Waals surface area (Å²) < 4.78 is 0. The van der Waals surface area contributed by atoms with Crippen LogP contribution in [-0.4, -0.2) is 26.3 Å². The minimum Gasteiger partial charge on any atom is -0.300 e. The third-order valence-corrected chi connectivity index (χ3v) is 4.97. The van der Waals surface area contributed by atoms with Gasteiger partial charge in [0.05, 0.1) is 17.8 Å². The van der Waals surface area contributed by atoms with Gasteiger partial charge < -0.3 is 5.32 Å². The molecule has 0 aliphatic carbocycles. The molecule has 0 aliphatic heterocycles. The van der Waals surface area contributed by atoms with E-state index in [0.29, 0.717) is 11.6 Å². The van der Waals surface area contributed by atoms with Crippen LogP contribution in [-0.2, 0) is 17.6 Å². The molecule has 7 heteroatoms. The van der Waals surface area contributed by atoms with Gasteiger partial charge in [-0.25, -0.2) is 0 Å². The number of rotatable bonds is 10. The van der Waals surface area contributed by atoms with Crippen molar-refractivity contribution in [2.75, 3.05) is 5.32 Å². The number of unbranched alkanes of at least 4 members (excludes halogenated alkanes) is 1. The Balaban J connectivity index is 1.77. The largest absolute Gasteiger partial charge is 0.300 e. The molecule has 0 fully saturated rings. The SMILES string of the molecule is C=C/C=C\C(CC(=O)Nc1nnc(CCCCc2ccc(C)nn2)s1)=C(C)C. The van der Waals surface area contributed by atoms with Crippen molar-refractivity contribution in [2.45, 2.75) is 52.9 Å². The Labute approximate surface area is 170 Å². The quantitative estimate of drug-likeness (QED) is 0.468. The van der Waals surface area contributed by atoms with Crippen LogP contribution in [0.4, 0.5) is 5.13 Å². The van der Waals surface area contributed by atoms with Gasteiger partial charge in [-0.2, -0.15) is 10.2 Å². The van der Waals surface area contributed by atoms with Crippen molar-refractivity contribution in [3.8, 4) is 0 Å². The molecule has 148 valence electrons. The van der Waals surface area contributed by atoms with Crippen molar-refractivity contribution in [2.24, 2.45) is 0 Å². The van der Waals surface area contributed by atoms with Crippen LogP contribution < -0.4 is 5.32 Å².